The van der Waals surface area contributed by atoms with Crippen LogP contribution in [0.4, 0.5) is 0 Å². The highest BCUT2D eigenvalue weighted by atomic mass is 79.9. The van der Waals surface area contributed by atoms with Gasteiger partial charge in [-0.3, -0.25) is 0 Å². The molecule has 0 atom stereocenters. The molecule has 1 aliphatic heterocycles. The summed E-state index contributed by atoms with van der Waals surface area (Å²) in [6.45, 7) is 8.43. The first-order valence-electron chi connectivity index (χ1n) is 33.9. The maximum Gasteiger partial charge on any atom is 0.496 e. The first-order valence-corrected chi connectivity index (χ1v) is 34.7. The molecule has 1 saturated heterocycles. The zero-order chi connectivity index (χ0) is 66.1. The molecule has 0 bridgehead atoms. The predicted molar refractivity (Wildman–Crippen MR) is 425 cm³/mol. The molecule has 4 heteroatoms. The lowest BCUT2D eigenvalue weighted by molar-refractivity contribution is 0.00578. The summed E-state index contributed by atoms with van der Waals surface area (Å²) >= 11 is 3.52. The van der Waals surface area contributed by atoms with E-state index in [9.17, 15) is 0 Å². The predicted octanol–water partition coefficient (Wildman–Crippen LogP) is 26.0. The lowest BCUT2D eigenvalue weighted by atomic mass is 9.71. The normalized spacial score (nSPS) is 13.4. The Kier molecular flexibility index (Phi) is 15.4. The van der Waals surface area contributed by atoms with Gasteiger partial charge in [0.05, 0.1) is 11.2 Å². The van der Waals surface area contributed by atoms with E-state index >= 15 is 0 Å². The molecule has 1 fully saturated rings. The Morgan fingerprint density at radius 1 is 0.224 bits per heavy atom. The molecule has 0 unspecified atom stereocenters. The minimum Gasteiger partial charge on any atom is -0.399 e. The SMILES string of the molecule is Brc1ccc(-c2cccc3c2ccc2cc4ccccc4cc23)cc1.CC1(C)OB(c2c3ccccc3c(-c3ccccc3)c3ccccc23)OC1(C)C.c1ccc(-c2c3ccccc3c(-c3ccc(-c4cccc5c4ccc4cc6ccccc6cc45)cc3)c3ccccc23)cc1. The van der Waals surface area contributed by atoms with Crippen LogP contribution in [0.15, 0.2) is 344 Å². The number of halogens is 1. The lowest BCUT2D eigenvalue weighted by Gasteiger charge is -2.32. The van der Waals surface area contributed by atoms with E-state index in [2.05, 4.69) is 383 Å². The van der Waals surface area contributed by atoms with E-state index in [-0.39, 0.29) is 11.2 Å². The van der Waals surface area contributed by atoms with Gasteiger partial charge in [0.25, 0.3) is 0 Å². The summed E-state index contributed by atoms with van der Waals surface area (Å²) in [5.41, 5.74) is 12.9. The summed E-state index contributed by atoms with van der Waals surface area (Å²) in [6, 6.07) is 123. The molecular weight excluding hydrogens is 1250 g/mol. The summed E-state index contributed by atoms with van der Waals surface area (Å²) in [5.74, 6) is 0. The van der Waals surface area contributed by atoms with Gasteiger partial charge in [0.15, 0.2) is 0 Å². The smallest absolute Gasteiger partial charge is 0.399 e. The Bertz CT molecular complexity index is 5990. The van der Waals surface area contributed by atoms with Crippen molar-refractivity contribution in [2.75, 3.05) is 0 Å². The van der Waals surface area contributed by atoms with Gasteiger partial charge in [0.1, 0.15) is 0 Å². The van der Waals surface area contributed by atoms with Crippen molar-refractivity contribution in [2.24, 2.45) is 0 Å². The van der Waals surface area contributed by atoms with Gasteiger partial charge in [-0.05, 0) is 233 Å². The summed E-state index contributed by atoms with van der Waals surface area (Å²) in [6.07, 6.45) is 0. The van der Waals surface area contributed by atoms with Crippen LogP contribution < -0.4 is 5.46 Å². The third-order valence-electron chi connectivity index (χ3n) is 20.6. The zero-order valence-corrected chi connectivity index (χ0v) is 56.7. The molecule has 0 aromatic heterocycles. The van der Waals surface area contributed by atoms with Gasteiger partial charge in [0.2, 0.25) is 0 Å². The maximum atomic E-state index is 6.49. The van der Waals surface area contributed by atoms with Gasteiger partial charge in [-0.15, -0.1) is 0 Å². The molecule has 0 saturated carbocycles. The number of benzene rings is 18. The second-order valence-corrected chi connectivity index (χ2v) is 27.8. The minimum atomic E-state index is -0.403. The Labute approximate surface area is 580 Å². The molecule has 0 N–H and O–H groups in total. The molecule has 0 spiro atoms. The quantitative estimate of drug-likeness (QED) is 0.0938. The van der Waals surface area contributed by atoms with Gasteiger partial charge in [0, 0.05) is 4.47 Å². The molecule has 466 valence electrons. The van der Waals surface area contributed by atoms with Gasteiger partial charge >= 0.3 is 7.12 Å². The molecule has 19 rings (SSSR count). The molecule has 2 nitrogen and oxygen atoms in total. The van der Waals surface area contributed by atoms with E-state index in [4.69, 9.17) is 9.31 Å². The van der Waals surface area contributed by atoms with Crippen molar-refractivity contribution < 1.29 is 9.31 Å². The van der Waals surface area contributed by atoms with E-state index in [1.165, 1.54) is 163 Å². The van der Waals surface area contributed by atoms with E-state index in [1.807, 2.05) is 0 Å². The molecule has 0 radical (unpaired) electrons. The number of rotatable bonds is 6. The summed E-state index contributed by atoms with van der Waals surface area (Å²) in [5, 5.41) is 25.4. The number of fused-ring (bicyclic) bond motifs is 12. The summed E-state index contributed by atoms with van der Waals surface area (Å²) in [4.78, 5) is 0. The van der Waals surface area contributed by atoms with Crippen LogP contribution >= 0.6 is 15.9 Å². The van der Waals surface area contributed by atoms with E-state index in [0.29, 0.717) is 0 Å². The highest BCUT2D eigenvalue weighted by molar-refractivity contribution is 9.10. The molecule has 18 aromatic rings. The fourth-order valence-electron chi connectivity index (χ4n) is 15.2. The van der Waals surface area contributed by atoms with Crippen LogP contribution in [0, 0.1) is 0 Å². The molecule has 0 aliphatic carbocycles. The molecule has 1 heterocycles. The Morgan fingerprint density at radius 3 is 0.908 bits per heavy atom. The van der Waals surface area contributed by atoms with Crippen molar-refractivity contribution in [1.82, 2.24) is 0 Å². The van der Waals surface area contributed by atoms with Gasteiger partial charge in [-0.25, -0.2) is 0 Å². The van der Waals surface area contributed by atoms with Crippen LogP contribution in [0.25, 0.3) is 163 Å². The topological polar surface area (TPSA) is 18.5 Å². The third kappa shape index (κ3) is 10.8. The second kappa shape index (κ2) is 24.9. The Hall–Kier alpha value is -11.0. The van der Waals surface area contributed by atoms with Crippen molar-refractivity contribution in [3.8, 4) is 55.6 Å². The maximum absolute atomic E-state index is 6.49. The van der Waals surface area contributed by atoms with Crippen molar-refractivity contribution in [1.29, 1.82) is 0 Å². The monoisotopic (exact) mass is 1320 g/mol. The van der Waals surface area contributed by atoms with Crippen LogP contribution in [0.2, 0.25) is 0 Å². The summed E-state index contributed by atoms with van der Waals surface area (Å²) in [7, 11) is -0.403. The average molecular weight is 1320 g/mol. The van der Waals surface area contributed by atoms with E-state index < -0.39 is 7.12 Å². The molecule has 1 aliphatic rings. The van der Waals surface area contributed by atoms with E-state index in [0.717, 1.165) is 9.94 Å². The summed E-state index contributed by atoms with van der Waals surface area (Å²) < 4.78 is 14.1. The first-order chi connectivity index (χ1) is 48.0. The molecular formula is C94H68BBrO2. The van der Waals surface area contributed by atoms with Crippen LogP contribution in [0.3, 0.4) is 0 Å². The standard InChI is InChI=1S/C44H28.C26H25BO2.C24H15Br/c1-2-11-30(12-3-1)43-38-15-6-8-17-40(38)44(41-18-9-7-16-39(41)43)31-23-21-29(22-24-31)35-19-10-20-36-37(35)26-25-34-27-32-13-4-5-14-33(32)28-42(34)36;1-25(2)26(3,4)29-27(28-25)24-21-16-10-8-14-19(21)23(18-12-6-5-7-13-18)20-15-9-11-17-22(20)24;25-20-11-8-16(9-12-20)21-6-3-7-22-23(21)13-10-19-14-17-4-1-2-5-18(17)15-24(19)22/h1-28H;5-17H,1-4H3;1-15H. The van der Waals surface area contributed by atoms with Crippen LogP contribution in [0.1, 0.15) is 27.7 Å². The number of hydrogen-bond acceptors (Lipinski definition) is 2. The average Bonchev–Trinajstić information content (AvgIpc) is 0.838. The largest absolute Gasteiger partial charge is 0.496 e. The highest BCUT2D eigenvalue weighted by Gasteiger charge is 2.52. The second-order valence-electron chi connectivity index (χ2n) is 26.9. The fraction of sp³-hybridized carbons (Fsp3) is 0.0638. The van der Waals surface area contributed by atoms with Gasteiger partial charge in [-0.1, -0.05) is 319 Å². The highest BCUT2D eigenvalue weighted by Crippen LogP contribution is 2.46. The first kappa shape index (κ1) is 60.7. The third-order valence-corrected chi connectivity index (χ3v) is 21.2. The van der Waals surface area contributed by atoms with Gasteiger partial charge < -0.3 is 9.31 Å². The fourth-order valence-corrected chi connectivity index (χ4v) is 15.4. The van der Waals surface area contributed by atoms with Crippen LogP contribution in [-0.4, -0.2) is 18.3 Å². The van der Waals surface area contributed by atoms with Gasteiger partial charge in [-0.2, -0.15) is 0 Å². The number of hydrogen-bond donors (Lipinski definition) is 0. The lowest BCUT2D eigenvalue weighted by Crippen LogP contribution is -2.41. The molecule has 18 aromatic carbocycles. The zero-order valence-electron chi connectivity index (χ0n) is 55.1. The minimum absolute atomic E-state index is 0.377. The van der Waals surface area contributed by atoms with Crippen molar-refractivity contribution in [3.05, 3.63) is 344 Å². The van der Waals surface area contributed by atoms with Crippen LogP contribution in [0.5, 0.6) is 0 Å². The van der Waals surface area contributed by atoms with Crippen LogP contribution in [-0.2, 0) is 9.31 Å². The molecule has 98 heavy (non-hydrogen) atoms. The van der Waals surface area contributed by atoms with Crippen molar-refractivity contribution in [2.45, 2.75) is 38.9 Å². The molecule has 0 amide bonds. The Morgan fingerprint density at radius 2 is 0.520 bits per heavy atom. The van der Waals surface area contributed by atoms with Crippen molar-refractivity contribution in [3.63, 3.8) is 0 Å². The Balaban J connectivity index is 0.000000116. The van der Waals surface area contributed by atoms with Crippen molar-refractivity contribution >= 4 is 136 Å². The van der Waals surface area contributed by atoms with E-state index in [1.54, 1.807) is 0 Å².